The number of guanidine groups is 1. The highest BCUT2D eigenvalue weighted by Crippen LogP contribution is 2.14. The molecule has 1 aromatic heterocycles. The molecule has 2 aromatic rings. The van der Waals surface area contributed by atoms with Crippen LogP contribution in [0.4, 0.5) is 4.39 Å². The maximum atomic E-state index is 13.8. The van der Waals surface area contributed by atoms with E-state index in [2.05, 4.69) is 31.6 Å². The lowest BCUT2D eigenvalue weighted by Crippen LogP contribution is -2.37. The van der Waals surface area contributed by atoms with Crippen LogP contribution in [-0.4, -0.2) is 26.2 Å². The lowest BCUT2D eigenvalue weighted by molar-refractivity contribution is 0.105. The Bertz CT molecular complexity index is 653. The number of rotatable bonds is 8. The average molecular weight is 526 g/mol. The lowest BCUT2D eigenvalue weighted by Gasteiger charge is -2.12. The van der Waals surface area contributed by atoms with Gasteiger partial charge in [0.1, 0.15) is 18.2 Å². The molecule has 2 rings (SSSR count). The van der Waals surface area contributed by atoms with Crippen LogP contribution in [0.15, 0.2) is 50.5 Å². The lowest BCUT2D eigenvalue weighted by atomic mass is 10.2. The van der Waals surface area contributed by atoms with E-state index in [0.29, 0.717) is 37.8 Å². The van der Waals surface area contributed by atoms with Gasteiger partial charge in [-0.1, -0.05) is 22.0 Å². The first-order chi connectivity index (χ1) is 11.7. The third-order valence-corrected chi connectivity index (χ3v) is 3.76. The van der Waals surface area contributed by atoms with Crippen LogP contribution in [0.2, 0.25) is 0 Å². The van der Waals surface area contributed by atoms with Crippen LogP contribution < -0.4 is 10.6 Å². The third-order valence-electron chi connectivity index (χ3n) is 3.27. The SMILES string of the molecule is CN=C(NCCCOCc1ccco1)NCc1ccc(Br)cc1F.I. The Morgan fingerprint density at radius 1 is 1.32 bits per heavy atom. The molecule has 0 aliphatic heterocycles. The van der Waals surface area contributed by atoms with Crippen molar-refractivity contribution in [3.63, 3.8) is 0 Å². The zero-order chi connectivity index (χ0) is 17.2. The van der Waals surface area contributed by atoms with E-state index in [1.807, 2.05) is 18.2 Å². The molecule has 0 saturated carbocycles. The second-order valence-electron chi connectivity index (χ2n) is 5.07. The summed E-state index contributed by atoms with van der Waals surface area (Å²) < 4.78 is 25.2. The van der Waals surface area contributed by atoms with Crippen LogP contribution in [0.3, 0.4) is 0 Å². The van der Waals surface area contributed by atoms with E-state index < -0.39 is 0 Å². The zero-order valence-corrected chi connectivity index (χ0v) is 17.8. The number of halogens is 3. The van der Waals surface area contributed by atoms with Crippen LogP contribution in [0.1, 0.15) is 17.7 Å². The van der Waals surface area contributed by atoms with Crippen LogP contribution in [-0.2, 0) is 17.9 Å². The topological polar surface area (TPSA) is 58.8 Å². The van der Waals surface area contributed by atoms with Gasteiger partial charge in [-0.2, -0.15) is 0 Å². The van der Waals surface area contributed by atoms with Gasteiger partial charge in [-0.15, -0.1) is 24.0 Å². The molecule has 2 N–H and O–H groups in total. The minimum Gasteiger partial charge on any atom is -0.467 e. The molecular formula is C17H22BrFIN3O2. The van der Waals surface area contributed by atoms with E-state index in [9.17, 15) is 4.39 Å². The van der Waals surface area contributed by atoms with Crippen molar-refractivity contribution in [2.75, 3.05) is 20.2 Å². The Kier molecular flexibility index (Phi) is 10.7. The van der Waals surface area contributed by atoms with Crippen molar-refractivity contribution in [2.24, 2.45) is 4.99 Å². The quantitative estimate of drug-likeness (QED) is 0.236. The predicted octanol–water partition coefficient (Wildman–Crippen LogP) is 4.07. The molecule has 1 aromatic carbocycles. The van der Waals surface area contributed by atoms with Gasteiger partial charge in [-0.25, -0.2) is 4.39 Å². The summed E-state index contributed by atoms with van der Waals surface area (Å²) in [6, 6.07) is 8.72. The molecule has 0 aliphatic carbocycles. The number of furan rings is 1. The largest absolute Gasteiger partial charge is 0.467 e. The first kappa shape index (κ1) is 21.9. The molecule has 1 heterocycles. The minimum atomic E-state index is -0.251. The van der Waals surface area contributed by atoms with E-state index in [-0.39, 0.29) is 29.8 Å². The first-order valence-electron chi connectivity index (χ1n) is 7.67. The Labute approximate surface area is 172 Å². The summed E-state index contributed by atoms with van der Waals surface area (Å²) >= 11 is 3.24. The van der Waals surface area contributed by atoms with Gasteiger partial charge < -0.3 is 19.8 Å². The van der Waals surface area contributed by atoms with Gasteiger partial charge in [-0.3, -0.25) is 4.99 Å². The van der Waals surface area contributed by atoms with E-state index in [0.717, 1.165) is 16.7 Å². The second-order valence-corrected chi connectivity index (χ2v) is 5.99. The molecule has 5 nitrogen and oxygen atoms in total. The molecule has 0 unspecified atom stereocenters. The molecule has 0 bridgehead atoms. The molecule has 0 fully saturated rings. The Hall–Kier alpha value is -1.13. The fraction of sp³-hybridized carbons (Fsp3) is 0.353. The van der Waals surface area contributed by atoms with Gasteiger partial charge in [0.05, 0.1) is 6.26 Å². The van der Waals surface area contributed by atoms with Gasteiger partial charge >= 0.3 is 0 Å². The fourth-order valence-electron chi connectivity index (χ4n) is 2.01. The molecule has 0 saturated heterocycles. The summed E-state index contributed by atoms with van der Waals surface area (Å²) in [7, 11) is 1.68. The molecule has 0 atom stereocenters. The van der Waals surface area contributed by atoms with Crippen molar-refractivity contribution in [3.8, 4) is 0 Å². The molecule has 0 radical (unpaired) electrons. The van der Waals surface area contributed by atoms with Crippen LogP contribution in [0.5, 0.6) is 0 Å². The highest BCUT2D eigenvalue weighted by Gasteiger charge is 2.04. The number of nitrogens with one attached hydrogen (secondary N) is 2. The summed E-state index contributed by atoms with van der Waals surface area (Å²) in [6.45, 7) is 2.17. The Balaban J connectivity index is 0.00000312. The van der Waals surface area contributed by atoms with E-state index in [1.54, 1.807) is 19.4 Å². The molecule has 138 valence electrons. The summed E-state index contributed by atoms with van der Waals surface area (Å²) in [4.78, 5) is 4.12. The molecular weight excluding hydrogens is 504 g/mol. The standard InChI is InChI=1S/C17H21BrFN3O2.HI/c1-20-17(22-11-13-5-6-14(18)10-16(13)19)21-7-3-8-23-12-15-4-2-9-24-15;/h2,4-6,9-10H,3,7-8,11-12H2,1H3,(H2,20,21,22);1H. The highest BCUT2D eigenvalue weighted by molar-refractivity contribution is 14.0. The average Bonchev–Trinajstić information content (AvgIpc) is 3.08. The van der Waals surface area contributed by atoms with Gasteiger partial charge in [0.25, 0.3) is 0 Å². The van der Waals surface area contributed by atoms with Gasteiger partial charge in [0, 0.05) is 36.8 Å². The van der Waals surface area contributed by atoms with E-state index in [4.69, 9.17) is 9.15 Å². The summed E-state index contributed by atoms with van der Waals surface area (Å²) in [6.07, 6.45) is 2.46. The Morgan fingerprint density at radius 3 is 2.84 bits per heavy atom. The van der Waals surface area contributed by atoms with Gasteiger partial charge in [-0.05, 0) is 30.7 Å². The first-order valence-corrected chi connectivity index (χ1v) is 8.47. The van der Waals surface area contributed by atoms with E-state index in [1.165, 1.54) is 6.07 Å². The number of ether oxygens (including phenoxy) is 1. The summed E-state index contributed by atoms with van der Waals surface area (Å²) in [5.74, 6) is 1.19. The van der Waals surface area contributed by atoms with Crippen molar-refractivity contribution in [3.05, 3.63) is 58.2 Å². The maximum Gasteiger partial charge on any atom is 0.191 e. The molecule has 8 heteroatoms. The van der Waals surface area contributed by atoms with Crippen molar-refractivity contribution in [1.82, 2.24) is 10.6 Å². The van der Waals surface area contributed by atoms with Crippen molar-refractivity contribution in [2.45, 2.75) is 19.6 Å². The summed E-state index contributed by atoms with van der Waals surface area (Å²) in [5.41, 5.74) is 0.586. The molecule has 0 spiro atoms. The van der Waals surface area contributed by atoms with Crippen LogP contribution in [0.25, 0.3) is 0 Å². The second kappa shape index (κ2) is 12.3. The predicted molar refractivity (Wildman–Crippen MR) is 111 cm³/mol. The molecule has 25 heavy (non-hydrogen) atoms. The van der Waals surface area contributed by atoms with Gasteiger partial charge in [0.15, 0.2) is 5.96 Å². The normalized spacial score (nSPS) is 11.1. The Morgan fingerprint density at radius 2 is 2.16 bits per heavy atom. The van der Waals surface area contributed by atoms with Crippen LogP contribution >= 0.6 is 39.9 Å². The number of nitrogens with zero attached hydrogens (tertiary/aromatic N) is 1. The van der Waals surface area contributed by atoms with Gasteiger partial charge in [0.2, 0.25) is 0 Å². The summed E-state index contributed by atoms with van der Waals surface area (Å²) in [5, 5.41) is 6.25. The zero-order valence-electron chi connectivity index (χ0n) is 13.9. The number of aliphatic imine (C=N–C) groups is 1. The molecule has 0 amide bonds. The minimum absolute atomic E-state index is 0. The van der Waals surface area contributed by atoms with Crippen molar-refractivity contribution in [1.29, 1.82) is 0 Å². The monoisotopic (exact) mass is 525 g/mol. The third kappa shape index (κ3) is 8.19. The number of benzene rings is 1. The van der Waals surface area contributed by atoms with Crippen LogP contribution in [0, 0.1) is 5.82 Å². The van der Waals surface area contributed by atoms with Crippen molar-refractivity contribution >= 4 is 45.9 Å². The number of hydrogen-bond acceptors (Lipinski definition) is 3. The highest BCUT2D eigenvalue weighted by atomic mass is 127. The van der Waals surface area contributed by atoms with E-state index >= 15 is 0 Å². The maximum absolute atomic E-state index is 13.8. The smallest absolute Gasteiger partial charge is 0.191 e. The fourth-order valence-corrected chi connectivity index (χ4v) is 2.35. The van der Waals surface area contributed by atoms with Crippen molar-refractivity contribution < 1.29 is 13.5 Å². The number of hydrogen-bond donors (Lipinski definition) is 2. The molecule has 0 aliphatic rings.